The molecule has 0 spiro atoms. The van der Waals surface area contributed by atoms with Crippen LogP contribution in [0.5, 0.6) is 0 Å². The second kappa shape index (κ2) is 8.38. The Morgan fingerprint density at radius 2 is 1.70 bits per heavy atom. The number of rotatable bonds is 8. The van der Waals surface area contributed by atoms with Gasteiger partial charge in [-0.2, -0.15) is 0 Å². The van der Waals surface area contributed by atoms with Crippen LogP contribution in [0.25, 0.3) is 0 Å². The minimum Gasteiger partial charge on any atom is -0.423 e. The predicted molar refractivity (Wildman–Crippen MR) is 79.1 cm³/mol. The minimum absolute atomic E-state index is 0.0524. The first-order valence-corrected chi connectivity index (χ1v) is 6.52. The second-order valence-electron chi connectivity index (χ2n) is 4.69. The summed E-state index contributed by atoms with van der Waals surface area (Å²) in [5, 5.41) is 36.9. The molecule has 1 rings (SSSR count). The highest BCUT2D eigenvalue weighted by atomic mass is 16.4. The Hall–Kier alpha value is -0.930. The molecule has 110 valence electrons. The average Bonchev–Trinajstić information content (AvgIpc) is 2.42. The van der Waals surface area contributed by atoms with Crippen molar-refractivity contribution in [2.24, 2.45) is 11.6 Å². The molecular formula is C11H21B2N3O4. The van der Waals surface area contributed by atoms with E-state index in [0.29, 0.717) is 6.54 Å². The summed E-state index contributed by atoms with van der Waals surface area (Å²) < 4.78 is 0. The Bertz CT molecular complexity index is 421. The fraction of sp³-hybridized carbons (Fsp3) is 0.455. The van der Waals surface area contributed by atoms with Crippen LogP contribution in [0, 0.1) is 0 Å². The third kappa shape index (κ3) is 4.88. The molecule has 0 amide bonds. The highest BCUT2D eigenvalue weighted by Gasteiger charge is 2.24. The van der Waals surface area contributed by atoms with Gasteiger partial charge in [0.2, 0.25) is 0 Å². The first-order chi connectivity index (χ1) is 9.47. The molecule has 1 aromatic carbocycles. The van der Waals surface area contributed by atoms with Gasteiger partial charge >= 0.3 is 14.2 Å². The molecule has 0 aliphatic carbocycles. The summed E-state index contributed by atoms with van der Waals surface area (Å²) in [6, 6.07) is 4.34. The fourth-order valence-corrected chi connectivity index (χ4v) is 2.04. The predicted octanol–water partition coefficient (Wildman–Crippen LogP) is -3.32. The van der Waals surface area contributed by atoms with E-state index in [2.05, 4.69) is 5.43 Å². The summed E-state index contributed by atoms with van der Waals surface area (Å²) in [6.07, 6.45) is 2.50. The van der Waals surface area contributed by atoms with E-state index >= 15 is 0 Å². The monoisotopic (exact) mass is 281 g/mol. The molecule has 0 bridgehead atoms. The molecule has 0 radical (unpaired) electrons. The summed E-state index contributed by atoms with van der Waals surface area (Å²) in [4.78, 5) is 0. The lowest BCUT2D eigenvalue weighted by Crippen LogP contribution is -2.49. The molecule has 9 heteroatoms. The van der Waals surface area contributed by atoms with Crippen molar-refractivity contribution < 1.29 is 20.1 Å². The number of unbranched alkanes of at least 4 members (excludes halogenated alkanes) is 1. The van der Waals surface area contributed by atoms with Crippen molar-refractivity contribution in [2.75, 3.05) is 6.54 Å². The molecule has 7 nitrogen and oxygen atoms in total. The molecule has 0 aliphatic rings. The summed E-state index contributed by atoms with van der Waals surface area (Å²) >= 11 is 0. The molecule has 0 saturated carbocycles. The van der Waals surface area contributed by atoms with Gasteiger partial charge in [-0.15, -0.1) is 0 Å². The lowest BCUT2D eigenvalue weighted by molar-refractivity contribution is 0.419. The van der Waals surface area contributed by atoms with E-state index in [0.717, 1.165) is 24.8 Å². The van der Waals surface area contributed by atoms with E-state index in [9.17, 15) is 10.0 Å². The van der Waals surface area contributed by atoms with Crippen molar-refractivity contribution in [3.8, 4) is 0 Å². The van der Waals surface area contributed by atoms with Gasteiger partial charge in [0, 0.05) is 12.6 Å². The molecule has 0 heterocycles. The van der Waals surface area contributed by atoms with E-state index in [4.69, 9.17) is 21.6 Å². The minimum atomic E-state index is -1.78. The van der Waals surface area contributed by atoms with Crippen LogP contribution in [0.1, 0.15) is 30.9 Å². The highest BCUT2D eigenvalue weighted by Crippen LogP contribution is 2.15. The summed E-state index contributed by atoms with van der Waals surface area (Å²) in [5.74, 6) is 5.17. The topological polar surface area (TPSA) is 145 Å². The third-order valence-corrected chi connectivity index (χ3v) is 3.18. The van der Waals surface area contributed by atoms with Crippen molar-refractivity contribution in [1.82, 2.24) is 5.43 Å². The third-order valence-electron chi connectivity index (χ3n) is 3.18. The van der Waals surface area contributed by atoms with Crippen LogP contribution >= 0.6 is 0 Å². The van der Waals surface area contributed by atoms with Crippen LogP contribution in [0.15, 0.2) is 18.2 Å². The largest absolute Gasteiger partial charge is 0.488 e. The van der Waals surface area contributed by atoms with Gasteiger partial charge in [-0.05, 0) is 29.3 Å². The number of hydrazine groups is 1. The quantitative estimate of drug-likeness (QED) is 0.114. The van der Waals surface area contributed by atoms with E-state index < -0.39 is 14.2 Å². The molecule has 9 N–H and O–H groups in total. The molecule has 0 aromatic heterocycles. The van der Waals surface area contributed by atoms with Crippen LogP contribution in [-0.4, -0.2) is 40.9 Å². The van der Waals surface area contributed by atoms with Crippen molar-refractivity contribution in [2.45, 2.75) is 25.3 Å². The Balaban J connectivity index is 2.78. The zero-order chi connectivity index (χ0) is 15.1. The lowest BCUT2D eigenvalue weighted by Gasteiger charge is -2.16. The van der Waals surface area contributed by atoms with Gasteiger partial charge in [0.05, 0.1) is 0 Å². The van der Waals surface area contributed by atoms with Gasteiger partial charge in [-0.3, -0.25) is 11.3 Å². The van der Waals surface area contributed by atoms with Crippen molar-refractivity contribution in [3.05, 3.63) is 23.8 Å². The SMILES string of the molecule is NNCCCCC(N)c1ccc(B(O)O)c(B(O)O)c1. The molecule has 20 heavy (non-hydrogen) atoms. The first kappa shape index (κ1) is 17.1. The number of hydrogen-bond donors (Lipinski definition) is 7. The van der Waals surface area contributed by atoms with Crippen LogP contribution in [0.4, 0.5) is 0 Å². The Kier molecular flexibility index (Phi) is 7.17. The maximum atomic E-state index is 9.28. The van der Waals surface area contributed by atoms with Gasteiger partial charge < -0.3 is 25.8 Å². The van der Waals surface area contributed by atoms with E-state index in [1.807, 2.05) is 0 Å². The Morgan fingerprint density at radius 3 is 2.25 bits per heavy atom. The van der Waals surface area contributed by atoms with E-state index in [1.54, 1.807) is 6.07 Å². The standard InChI is InChI=1S/C11H21B2N3O4/c14-11(3-1-2-6-16-15)8-4-5-9(12(17)18)10(7-8)13(19)20/h4-5,7,11,16-20H,1-3,6,14-15H2. The number of nitrogens with one attached hydrogen (secondary N) is 1. The van der Waals surface area contributed by atoms with E-state index in [-0.39, 0.29) is 17.0 Å². The van der Waals surface area contributed by atoms with Gasteiger partial charge in [0.25, 0.3) is 0 Å². The van der Waals surface area contributed by atoms with Crippen LogP contribution in [0.2, 0.25) is 0 Å². The Morgan fingerprint density at radius 1 is 1.05 bits per heavy atom. The number of nitrogens with two attached hydrogens (primary N) is 2. The zero-order valence-corrected chi connectivity index (χ0v) is 11.2. The molecule has 0 aliphatic heterocycles. The second-order valence-corrected chi connectivity index (χ2v) is 4.69. The molecule has 0 saturated heterocycles. The van der Waals surface area contributed by atoms with Crippen LogP contribution in [-0.2, 0) is 0 Å². The zero-order valence-electron chi connectivity index (χ0n) is 11.2. The van der Waals surface area contributed by atoms with Crippen molar-refractivity contribution in [1.29, 1.82) is 0 Å². The molecule has 1 atom stereocenters. The smallest absolute Gasteiger partial charge is 0.423 e. The molecular weight excluding hydrogens is 260 g/mol. The van der Waals surface area contributed by atoms with Gasteiger partial charge in [0.15, 0.2) is 0 Å². The number of hydrogen-bond acceptors (Lipinski definition) is 7. The molecule has 1 unspecified atom stereocenters. The normalized spacial score (nSPS) is 12.3. The number of benzene rings is 1. The summed E-state index contributed by atoms with van der Waals surface area (Å²) in [7, 11) is -3.53. The van der Waals surface area contributed by atoms with Crippen molar-refractivity contribution >= 4 is 25.2 Å². The summed E-state index contributed by atoms with van der Waals surface area (Å²) in [5.41, 5.74) is 9.43. The average molecular weight is 281 g/mol. The van der Waals surface area contributed by atoms with Crippen LogP contribution < -0.4 is 27.9 Å². The molecule has 0 fully saturated rings. The van der Waals surface area contributed by atoms with Gasteiger partial charge in [-0.25, -0.2) is 0 Å². The first-order valence-electron chi connectivity index (χ1n) is 6.52. The maximum Gasteiger partial charge on any atom is 0.488 e. The van der Waals surface area contributed by atoms with Crippen molar-refractivity contribution in [3.63, 3.8) is 0 Å². The summed E-state index contributed by atoms with van der Waals surface area (Å²) in [6.45, 7) is 0.711. The van der Waals surface area contributed by atoms with E-state index in [1.165, 1.54) is 12.1 Å². The lowest BCUT2D eigenvalue weighted by atomic mass is 9.65. The van der Waals surface area contributed by atoms with Crippen LogP contribution in [0.3, 0.4) is 0 Å². The highest BCUT2D eigenvalue weighted by molar-refractivity contribution is 6.71. The fourth-order valence-electron chi connectivity index (χ4n) is 2.04. The van der Waals surface area contributed by atoms with Gasteiger partial charge in [0.1, 0.15) is 0 Å². The Labute approximate surface area is 118 Å². The maximum absolute atomic E-state index is 9.28. The van der Waals surface area contributed by atoms with Gasteiger partial charge in [-0.1, -0.05) is 24.6 Å². The molecule has 1 aromatic rings.